The number of ether oxygens (including phenoxy) is 2. The number of carbonyl (C=O) groups is 2. The van der Waals surface area contributed by atoms with Gasteiger partial charge in [-0.15, -0.1) is 0 Å². The molecule has 1 saturated heterocycles. The van der Waals surface area contributed by atoms with Crippen LogP contribution in [-0.4, -0.2) is 54.3 Å². The van der Waals surface area contributed by atoms with Gasteiger partial charge in [-0.3, -0.25) is 9.59 Å². The van der Waals surface area contributed by atoms with Crippen molar-refractivity contribution in [3.05, 3.63) is 29.8 Å². The normalized spacial score (nSPS) is 24.3. The minimum absolute atomic E-state index is 0.0215. The summed E-state index contributed by atoms with van der Waals surface area (Å²) in [5, 5.41) is 8.85. The van der Waals surface area contributed by atoms with Gasteiger partial charge in [0.2, 0.25) is 5.91 Å². The monoisotopic (exact) mass is 305 g/mol. The molecular weight excluding hydrogens is 286 g/mol. The first-order valence-corrected chi connectivity index (χ1v) is 7.46. The van der Waals surface area contributed by atoms with Gasteiger partial charge in [0, 0.05) is 13.1 Å². The van der Waals surface area contributed by atoms with Gasteiger partial charge in [-0.05, 0) is 18.1 Å². The first kappa shape index (κ1) is 14.8. The maximum atomic E-state index is 12.6. The number of rotatable bonds is 3. The van der Waals surface area contributed by atoms with E-state index in [2.05, 4.69) is 0 Å². The van der Waals surface area contributed by atoms with Crippen molar-refractivity contribution in [2.45, 2.75) is 18.9 Å². The molecule has 6 nitrogen and oxygen atoms in total. The molecule has 6 heteroatoms. The molecule has 0 bridgehead atoms. The summed E-state index contributed by atoms with van der Waals surface area (Å²) in [6, 6.07) is 7.74. The van der Waals surface area contributed by atoms with E-state index in [-0.39, 0.29) is 18.2 Å². The van der Waals surface area contributed by atoms with Crippen molar-refractivity contribution in [2.24, 2.45) is 5.92 Å². The van der Waals surface area contributed by atoms with E-state index in [0.717, 1.165) is 11.3 Å². The van der Waals surface area contributed by atoms with Gasteiger partial charge in [-0.1, -0.05) is 18.2 Å². The predicted molar refractivity (Wildman–Crippen MR) is 77.7 cm³/mol. The van der Waals surface area contributed by atoms with Gasteiger partial charge < -0.3 is 19.5 Å². The van der Waals surface area contributed by atoms with Gasteiger partial charge in [0.15, 0.2) is 0 Å². The summed E-state index contributed by atoms with van der Waals surface area (Å²) in [5.74, 6) is -0.252. The first-order valence-electron chi connectivity index (χ1n) is 7.46. The first-order chi connectivity index (χ1) is 10.6. The smallest absolute Gasteiger partial charge is 0.306 e. The van der Waals surface area contributed by atoms with E-state index in [0.29, 0.717) is 32.7 Å². The molecule has 2 heterocycles. The molecule has 3 rings (SSSR count). The van der Waals surface area contributed by atoms with Crippen molar-refractivity contribution >= 4 is 11.9 Å². The second kappa shape index (κ2) is 6.36. The quantitative estimate of drug-likeness (QED) is 0.899. The Bertz CT molecular complexity index is 573. The third kappa shape index (κ3) is 3.22. The van der Waals surface area contributed by atoms with Gasteiger partial charge >= 0.3 is 5.97 Å². The molecule has 1 aromatic rings. The Balaban J connectivity index is 1.63. The summed E-state index contributed by atoms with van der Waals surface area (Å²) in [6.45, 7) is 1.60. The summed E-state index contributed by atoms with van der Waals surface area (Å²) in [7, 11) is 0. The lowest BCUT2D eigenvalue weighted by Crippen LogP contribution is -2.50. The van der Waals surface area contributed by atoms with Crippen molar-refractivity contribution < 1.29 is 24.2 Å². The summed E-state index contributed by atoms with van der Waals surface area (Å²) >= 11 is 0. The van der Waals surface area contributed by atoms with Crippen molar-refractivity contribution in [3.63, 3.8) is 0 Å². The molecule has 0 aromatic heterocycles. The maximum absolute atomic E-state index is 12.6. The van der Waals surface area contributed by atoms with Gasteiger partial charge in [0.25, 0.3) is 0 Å². The molecule has 0 aliphatic carbocycles. The Hall–Kier alpha value is -2.08. The van der Waals surface area contributed by atoms with Crippen LogP contribution >= 0.6 is 0 Å². The molecule has 118 valence electrons. The third-order valence-corrected chi connectivity index (χ3v) is 4.08. The number of carboxylic acids is 1. The largest absolute Gasteiger partial charge is 0.492 e. The highest BCUT2D eigenvalue weighted by atomic mass is 16.5. The number of aliphatic carboxylic acids is 1. The molecule has 2 aliphatic rings. The van der Waals surface area contributed by atoms with Crippen LogP contribution in [0, 0.1) is 5.92 Å². The van der Waals surface area contributed by atoms with Crippen molar-refractivity contribution in [2.75, 3.05) is 26.3 Å². The Morgan fingerprint density at radius 1 is 1.32 bits per heavy atom. The standard InChI is InChI=1S/C16H19NO5/c18-15(19)8-13-9-17(5-6-21-13)16(20)12-7-11-3-1-2-4-14(11)22-10-12/h1-4,12-13H,5-10H2,(H,18,19)/t12-,13-/m0/s1. The average Bonchev–Trinajstić information content (AvgIpc) is 2.53. The fraction of sp³-hybridized carbons (Fsp3) is 0.500. The van der Waals surface area contributed by atoms with Gasteiger partial charge in [-0.2, -0.15) is 0 Å². The van der Waals surface area contributed by atoms with Crippen molar-refractivity contribution in [3.8, 4) is 5.75 Å². The zero-order valence-corrected chi connectivity index (χ0v) is 12.2. The van der Waals surface area contributed by atoms with Crippen LogP contribution in [0.1, 0.15) is 12.0 Å². The van der Waals surface area contributed by atoms with Crippen LogP contribution in [0.4, 0.5) is 0 Å². The molecule has 1 N–H and O–H groups in total. The molecular formula is C16H19NO5. The minimum Gasteiger partial charge on any atom is -0.492 e. The van der Waals surface area contributed by atoms with Crippen LogP contribution in [-0.2, 0) is 20.7 Å². The highest BCUT2D eigenvalue weighted by Crippen LogP contribution is 2.28. The number of carbonyl (C=O) groups excluding carboxylic acids is 1. The minimum atomic E-state index is -0.908. The number of amides is 1. The van der Waals surface area contributed by atoms with E-state index in [1.54, 1.807) is 4.90 Å². The summed E-state index contributed by atoms with van der Waals surface area (Å²) in [6.07, 6.45) is 0.163. The van der Waals surface area contributed by atoms with Crippen LogP contribution in [0.25, 0.3) is 0 Å². The highest BCUT2D eigenvalue weighted by Gasteiger charge is 2.33. The van der Waals surface area contributed by atoms with E-state index in [1.165, 1.54) is 0 Å². The summed E-state index contributed by atoms with van der Waals surface area (Å²) in [4.78, 5) is 25.1. The van der Waals surface area contributed by atoms with Crippen LogP contribution in [0.2, 0.25) is 0 Å². The van der Waals surface area contributed by atoms with Crippen LogP contribution < -0.4 is 4.74 Å². The second-order valence-corrected chi connectivity index (χ2v) is 5.69. The number of para-hydroxylation sites is 1. The van der Waals surface area contributed by atoms with Crippen LogP contribution in [0.15, 0.2) is 24.3 Å². The van der Waals surface area contributed by atoms with E-state index >= 15 is 0 Å². The van der Waals surface area contributed by atoms with E-state index in [9.17, 15) is 9.59 Å². The number of fused-ring (bicyclic) bond motifs is 1. The van der Waals surface area contributed by atoms with Crippen LogP contribution in [0.5, 0.6) is 5.75 Å². The van der Waals surface area contributed by atoms with Crippen molar-refractivity contribution in [1.29, 1.82) is 0 Å². The second-order valence-electron chi connectivity index (χ2n) is 5.69. The predicted octanol–water partition coefficient (Wildman–Crippen LogP) is 0.940. The molecule has 0 unspecified atom stereocenters. The summed E-state index contributed by atoms with van der Waals surface area (Å²) in [5.41, 5.74) is 1.04. The van der Waals surface area contributed by atoms with Gasteiger partial charge in [0.05, 0.1) is 25.0 Å². The topological polar surface area (TPSA) is 76.1 Å². The van der Waals surface area contributed by atoms with E-state index in [4.69, 9.17) is 14.6 Å². The van der Waals surface area contributed by atoms with Crippen LogP contribution in [0.3, 0.4) is 0 Å². The fourth-order valence-electron chi connectivity index (χ4n) is 2.98. The van der Waals surface area contributed by atoms with Gasteiger partial charge in [-0.25, -0.2) is 0 Å². The number of carboxylic acid groups (broad SMARTS) is 1. The fourth-order valence-corrected chi connectivity index (χ4v) is 2.98. The number of hydrogen-bond acceptors (Lipinski definition) is 4. The SMILES string of the molecule is O=C(O)C[C@H]1CN(C(=O)[C@@H]2COc3ccccc3C2)CCO1. The molecule has 1 fully saturated rings. The Kier molecular flexibility index (Phi) is 4.29. The summed E-state index contributed by atoms with van der Waals surface area (Å²) < 4.78 is 11.1. The zero-order valence-electron chi connectivity index (χ0n) is 12.2. The molecule has 2 aliphatic heterocycles. The molecule has 22 heavy (non-hydrogen) atoms. The number of benzene rings is 1. The number of morpholine rings is 1. The Labute approximate surface area is 128 Å². The Morgan fingerprint density at radius 2 is 2.14 bits per heavy atom. The molecule has 0 saturated carbocycles. The number of nitrogens with zero attached hydrogens (tertiary/aromatic N) is 1. The molecule has 1 amide bonds. The average molecular weight is 305 g/mol. The lowest BCUT2D eigenvalue weighted by molar-refractivity contribution is -0.150. The number of hydrogen-bond donors (Lipinski definition) is 1. The lowest BCUT2D eigenvalue weighted by Gasteiger charge is -2.35. The van der Waals surface area contributed by atoms with E-state index in [1.807, 2.05) is 24.3 Å². The highest BCUT2D eigenvalue weighted by molar-refractivity contribution is 5.80. The molecule has 1 aromatic carbocycles. The van der Waals surface area contributed by atoms with E-state index < -0.39 is 12.1 Å². The molecule has 0 spiro atoms. The lowest BCUT2D eigenvalue weighted by atomic mass is 9.95. The van der Waals surface area contributed by atoms with Gasteiger partial charge in [0.1, 0.15) is 12.4 Å². The Morgan fingerprint density at radius 3 is 2.95 bits per heavy atom. The zero-order chi connectivity index (χ0) is 15.5. The third-order valence-electron chi connectivity index (χ3n) is 4.08. The van der Waals surface area contributed by atoms with Crippen molar-refractivity contribution in [1.82, 2.24) is 4.90 Å². The molecule has 0 radical (unpaired) electrons. The maximum Gasteiger partial charge on any atom is 0.306 e. The molecule has 2 atom stereocenters.